The minimum atomic E-state index is -1.29. The first-order valence-electron chi connectivity index (χ1n) is 11.2. The number of hydrogen-bond acceptors (Lipinski definition) is 4. The summed E-state index contributed by atoms with van der Waals surface area (Å²) in [5.41, 5.74) is 2.51. The molecule has 3 heterocycles. The number of ether oxygens (including phenoxy) is 1. The SMILES string of the molecule is CC(C)(CC#N)c1c([C@H]2CO[C@](C)(C(=O)O)C2)c2cc3[nH]ncc3cc2n1-c1ccc(F)cc1. The predicted molar refractivity (Wildman–Crippen MR) is 125 cm³/mol. The number of rotatable bonds is 5. The van der Waals surface area contributed by atoms with E-state index in [1.54, 1.807) is 25.3 Å². The molecule has 2 aromatic carbocycles. The van der Waals surface area contributed by atoms with Gasteiger partial charge in [-0.1, -0.05) is 13.8 Å². The zero-order valence-electron chi connectivity index (χ0n) is 19.2. The number of carbonyl (C=O) groups is 1. The Morgan fingerprint density at radius 1 is 1.38 bits per heavy atom. The van der Waals surface area contributed by atoms with Crippen LogP contribution in [0, 0.1) is 17.1 Å². The average Bonchev–Trinajstić information content (AvgIpc) is 3.48. The van der Waals surface area contributed by atoms with Crippen LogP contribution in [0.5, 0.6) is 0 Å². The fourth-order valence-corrected chi connectivity index (χ4v) is 5.18. The van der Waals surface area contributed by atoms with Crippen LogP contribution in [0.15, 0.2) is 42.6 Å². The van der Waals surface area contributed by atoms with Crippen molar-refractivity contribution in [1.82, 2.24) is 14.8 Å². The van der Waals surface area contributed by atoms with E-state index < -0.39 is 17.0 Å². The lowest BCUT2D eigenvalue weighted by Gasteiger charge is -2.28. The second-order valence-corrected chi connectivity index (χ2v) is 9.87. The summed E-state index contributed by atoms with van der Waals surface area (Å²) in [6.07, 6.45) is 2.30. The molecule has 5 rings (SSSR count). The van der Waals surface area contributed by atoms with E-state index in [0.29, 0.717) is 6.42 Å². The Morgan fingerprint density at radius 2 is 2.12 bits per heavy atom. The topological polar surface area (TPSA) is 104 Å². The highest BCUT2D eigenvalue weighted by molar-refractivity contribution is 5.99. The fraction of sp³-hybridized carbons (Fsp3) is 0.346. The van der Waals surface area contributed by atoms with Crippen LogP contribution in [0.3, 0.4) is 0 Å². The molecule has 0 saturated carbocycles. The smallest absolute Gasteiger partial charge is 0.335 e. The van der Waals surface area contributed by atoms with Crippen LogP contribution in [0.1, 0.15) is 50.8 Å². The van der Waals surface area contributed by atoms with E-state index in [0.717, 1.165) is 38.8 Å². The van der Waals surface area contributed by atoms with Gasteiger partial charge >= 0.3 is 5.97 Å². The molecule has 2 atom stereocenters. The van der Waals surface area contributed by atoms with Crippen molar-refractivity contribution in [1.29, 1.82) is 5.26 Å². The Bertz CT molecular complexity index is 1460. The Morgan fingerprint density at radius 3 is 2.76 bits per heavy atom. The predicted octanol–water partition coefficient (Wildman–Crippen LogP) is 5.18. The Labute approximate surface area is 195 Å². The van der Waals surface area contributed by atoms with E-state index in [9.17, 15) is 19.6 Å². The largest absolute Gasteiger partial charge is 0.479 e. The lowest BCUT2D eigenvalue weighted by Crippen LogP contribution is -2.34. The molecule has 1 fully saturated rings. The molecule has 174 valence electrons. The summed E-state index contributed by atoms with van der Waals surface area (Å²) in [4.78, 5) is 11.9. The molecular formula is C26H25FN4O3. The Kier molecular flexibility index (Phi) is 4.99. The van der Waals surface area contributed by atoms with Gasteiger partial charge in [0.05, 0.1) is 29.9 Å². The lowest BCUT2D eigenvalue weighted by atomic mass is 9.79. The summed E-state index contributed by atoms with van der Waals surface area (Å²) < 4.78 is 21.7. The highest BCUT2D eigenvalue weighted by Gasteiger charge is 2.46. The van der Waals surface area contributed by atoms with Crippen LogP contribution in [-0.4, -0.2) is 38.0 Å². The number of aromatic amines is 1. The van der Waals surface area contributed by atoms with Crippen LogP contribution < -0.4 is 0 Å². The molecule has 1 saturated heterocycles. The molecule has 1 aliphatic heterocycles. The first kappa shape index (κ1) is 22.1. The van der Waals surface area contributed by atoms with Gasteiger partial charge in [-0.25, -0.2) is 9.18 Å². The molecule has 8 heteroatoms. The third-order valence-corrected chi connectivity index (χ3v) is 6.91. The molecule has 1 aliphatic rings. The number of H-pyrrole nitrogens is 1. The molecule has 0 aliphatic carbocycles. The Balaban J connectivity index is 1.88. The third kappa shape index (κ3) is 3.35. The maximum atomic E-state index is 13.8. The Hall–Kier alpha value is -3.70. The maximum absolute atomic E-state index is 13.8. The van der Waals surface area contributed by atoms with E-state index in [1.807, 2.05) is 26.0 Å². The van der Waals surface area contributed by atoms with E-state index in [2.05, 4.69) is 20.8 Å². The molecule has 7 nitrogen and oxygen atoms in total. The molecular weight excluding hydrogens is 435 g/mol. The van der Waals surface area contributed by atoms with Crippen molar-refractivity contribution < 1.29 is 19.0 Å². The number of benzene rings is 2. The first-order valence-corrected chi connectivity index (χ1v) is 11.2. The quantitative estimate of drug-likeness (QED) is 0.427. The van der Waals surface area contributed by atoms with Crippen LogP contribution in [0.4, 0.5) is 4.39 Å². The van der Waals surface area contributed by atoms with E-state index in [1.165, 1.54) is 12.1 Å². The molecule has 0 radical (unpaired) electrons. The number of carboxylic acids is 1. The van der Waals surface area contributed by atoms with Gasteiger partial charge in [-0.05, 0) is 55.3 Å². The average molecular weight is 461 g/mol. The van der Waals surface area contributed by atoms with Gasteiger partial charge in [-0.2, -0.15) is 10.4 Å². The first-order chi connectivity index (χ1) is 16.1. The summed E-state index contributed by atoms with van der Waals surface area (Å²) in [6.45, 7) is 5.87. The number of halogens is 1. The van der Waals surface area contributed by atoms with Crippen molar-refractivity contribution in [3.63, 3.8) is 0 Å². The summed E-state index contributed by atoms with van der Waals surface area (Å²) in [7, 11) is 0. The van der Waals surface area contributed by atoms with Crippen LogP contribution >= 0.6 is 0 Å². The number of nitrogens with zero attached hydrogens (tertiary/aromatic N) is 3. The number of aliphatic carboxylic acids is 1. The molecule has 2 aromatic heterocycles. The molecule has 34 heavy (non-hydrogen) atoms. The summed E-state index contributed by atoms with van der Waals surface area (Å²) in [5.74, 6) is -1.53. The van der Waals surface area contributed by atoms with E-state index >= 15 is 0 Å². The minimum absolute atomic E-state index is 0.196. The van der Waals surface area contributed by atoms with E-state index in [-0.39, 0.29) is 24.8 Å². The highest BCUT2D eigenvalue weighted by atomic mass is 19.1. The van der Waals surface area contributed by atoms with Crippen molar-refractivity contribution in [3.8, 4) is 11.8 Å². The fourth-order valence-electron chi connectivity index (χ4n) is 5.18. The van der Waals surface area contributed by atoms with Gasteiger partial charge < -0.3 is 14.4 Å². The lowest BCUT2D eigenvalue weighted by molar-refractivity contribution is -0.157. The zero-order valence-corrected chi connectivity index (χ0v) is 19.2. The molecule has 0 unspecified atom stereocenters. The maximum Gasteiger partial charge on any atom is 0.335 e. The van der Waals surface area contributed by atoms with Crippen molar-refractivity contribution in [2.75, 3.05) is 6.61 Å². The van der Waals surface area contributed by atoms with Gasteiger partial charge in [0.2, 0.25) is 0 Å². The third-order valence-electron chi connectivity index (χ3n) is 6.91. The number of fused-ring (bicyclic) bond motifs is 2. The number of nitrogens with one attached hydrogen (secondary N) is 1. The number of hydrogen-bond donors (Lipinski definition) is 2. The van der Waals surface area contributed by atoms with Gasteiger partial charge in [0.1, 0.15) is 5.82 Å². The van der Waals surface area contributed by atoms with Gasteiger partial charge in [-0.3, -0.25) is 5.10 Å². The van der Waals surface area contributed by atoms with Crippen LogP contribution in [0.2, 0.25) is 0 Å². The van der Waals surface area contributed by atoms with Gasteiger partial charge in [-0.15, -0.1) is 0 Å². The second kappa shape index (κ2) is 7.67. The molecule has 2 N–H and O–H groups in total. The van der Waals surface area contributed by atoms with Crippen molar-refractivity contribution in [2.24, 2.45) is 0 Å². The van der Waals surface area contributed by atoms with Gasteiger partial charge in [0.15, 0.2) is 5.60 Å². The van der Waals surface area contributed by atoms with Crippen molar-refractivity contribution in [2.45, 2.75) is 50.5 Å². The van der Waals surface area contributed by atoms with Crippen molar-refractivity contribution >= 4 is 27.8 Å². The summed E-state index contributed by atoms with van der Waals surface area (Å²) in [6, 6.07) is 12.6. The monoisotopic (exact) mass is 460 g/mol. The minimum Gasteiger partial charge on any atom is -0.479 e. The number of aromatic nitrogens is 3. The van der Waals surface area contributed by atoms with Crippen LogP contribution in [-0.2, 0) is 14.9 Å². The van der Waals surface area contributed by atoms with Gasteiger partial charge in [0, 0.05) is 39.9 Å². The summed E-state index contributed by atoms with van der Waals surface area (Å²) >= 11 is 0. The van der Waals surface area contributed by atoms with E-state index in [4.69, 9.17) is 4.74 Å². The van der Waals surface area contributed by atoms with Gasteiger partial charge in [0.25, 0.3) is 0 Å². The number of nitriles is 1. The number of carboxylic acid groups (broad SMARTS) is 1. The summed E-state index contributed by atoms with van der Waals surface area (Å²) in [5, 5.41) is 28.4. The van der Waals surface area contributed by atoms with Crippen LogP contribution in [0.25, 0.3) is 27.5 Å². The normalized spacial score (nSPS) is 20.7. The molecule has 0 amide bonds. The molecule has 0 bridgehead atoms. The van der Waals surface area contributed by atoms with Crippen molar-refractivity contribution in [3.05, 3.63) is 59.7 Å². The zero-order chi connectivity index (χ0) is 24.3. The molecule has 0 spiro atoms. The standard InChI is InChI=1S/C26H25FN4O3/c1-25(2,8-9-28)23-22(16-12-26(3,24(32)33)34-14-16)19-11-20-15(13-29-30-20)10-21(19)31(23)18-6-4-17(27)5-7-18/h4-7,10-11,13,16H,8,12,14H2,1-3H3,(H,29,30)(H,32,33)/t16-,26+/m1/s1. The molecule has 4 aromatic rings. The second-order valence-electron chi connectivity index (χ2n) is 9.87. The highest BCUT2D eigenvalue weighted by Crippen LogP contribution is 2.47.